The zero-order valence-electron chi connectivity index (χ0n) is 20.8. The van der Waals surface area contributed by atoms with E-state index in [-0.39, 0.29) is 34.9 Å². The summed E-state index contributed by atoms with van der Waals surface area (Å²) in [5.74, 6) is 0.893. The molecular weight excluding hydrogens is 540 g/mol. The number of carbonyl (C=O) groups excluding carboxylic acids is 1. The third-order valence-corrected chi connectivity index (χ3v) is 6.91. The molecule has 0 aliphatic rings. The maximum Gasteiger partial charge on any atom is 0.344 e. The van der Waals surface area contributed by atoms with Gasteiger partial charge in [0, 0.05) is 23.4 Å². The quantitative estimate of drug-likeness (QED) is 0.177. The molecule has 6 aromatic rings. The van der Waals surface area contributed by atoms with Crippen LogP contribution in [0.3, 0.4) is 0 Å². The molecule has 0 radical (unpaired) electrons. The number of carbonyl (C=O) groups is 1. The van der Waals surface area contributed by atoms with Crippen molar-refractivity contribution in [3.05, 3.63) is 148 Å². The number of aromatic nitrogens is 2. The molecule has 38 heavy (non-hydrogen) atoms. The topological polar surface area (TPSA) is 56.1 Å². The molecule has 0 spiro atoms. The van der Waals surface area contributed by atoms with Gasteiger partial charge in [0.15, 0.2) is 23.6 Å². The Balaban J connectivity index is 0.00000294. The van der Waals surface area contributed by atoms with Gasteiger partial charge in [-0.15, -0.1) is 0 Å². The largest absolute Gasteiger partial charge is 1.00 e. The van der Waals surface area contributed by atoms with Gasteiger partial charge in [-0.2, -0.15) is 0 Å². The monoisotopic (exact) mass is 564 g/mol. The van der Waals surface area contributed by atoms with Crippen LogP contribution < -0.4 is 27.2 Å². The van der Waals surface area contributed by atoms with E-state index in [9.17, 15) is 9.59 Å². The average Bonchev–Trinajstić information content (AvgIpc) is 3.21. The van der Waals surface area contributed by atoms with Gasteiger partial charge in [-0.1, -0.05) is 91.0 Å². The van der Waals surface area contributed by atoms with Gasteiger partial charge >= 0.3 is 5.63 Å². The van der Waals surface area contributed by atoms with Crippen LogP contribution in [-0.2, 0) is 6.54 Å². The number of hydrogen-bond acceptors (Lipinski definition) is 3. The van der Waals surface area contributed by atoms with Gasteiger partial charge in [0.05, 0.1) is 5.56 Å². The van der Waals surface area contributed by atoms with E-state index >= 15 is 0 Å². The van der Waals surface area contributed by atoms with E-state index in [1.165, 1.54) is 0 Å². The van der Waals surface area contributed by atoms with Gasteiger partial charge in [0.2, 0.25) is 5.78 Å². The van der Waals surface area contributed by atoms with E-state index in [2.05, 4.69) is 4.57 Å². The van der Waals surface area contributed by atoms with Crippen molar-refractivity contribution in [2.24, 2.45) is 0 Å². The Kier molecular flexibility index (Phi) is 7.07. The first-order valence-electron chi connectivity index (χ1n) is 12.3. The molecule has 6 rings (SSSR count). The summed E-state index contributed by atoms with van der Waals surface area (Å²) in [4.78, 5) is 26.6. The predicted octanol–water partition coefficient (Wildman–Crippen LogP) is 2.87. The lowest BCUT2D eigenvalue weighted by molar-refractivity contribution is -0.664. The fourth-order valence-electron chi connectivity index (χ4n) is 5.13. The van der Waals surface area contributed by atoms with Gasteiger partial charge in [0.1, 0.15) is 5.58 Å². The van der Waals surface area contributed by atoms with Crippen LogP contribution in [0.5, 0.6) is 0 Å². The second-order valence-corrected chi connectivity index (χ2v) is 9.12. The van der Waals surface area contributed by atoms with E-state index < -0.39 is 6.04 Å². The second-order valence-electron chi connectivity index (χ2n) is 9.12. The van der Waals surface area contributed by atoms with Crippen LogP contribution in [0.1, 0.15) is 33.4 Å². The van der Waals surface area contributed by atoms with Gasteiger partial charge in [0.25, 0.3) is 5.82 Å². The molecule has 0 aliphatic heterocycles. The highest BCUT2D eigenvalue weighted by Gasteiger charge is 2.33. The third-order valence-electron chi connectivity index (χ3n) is 6.91. The number of fused-ring (bicyclic) bond motifs is 2. The third kappa shape index (κ3) is 4.48. The van der Waals surface area contributed by atoms with Crippen LogP contribution in [0.4, 0.5) is 0 Å². The highest BCUT2D eigenvalue weighted by molar-refractivity contribution is 5.95. The van der Waals surface area contributed by atoms with Crippen molar-refractivity contribution in [2.75, 3.05) is 0 Å². The number of rotatable bonds is 6. The van der Waals surface area contributed by atoms with Crippen LogP contribution in [0.25, 0.3) is 22.0 Å². The van der Waals surface area contributed by atoms with E-state index in [4.69, 9.17) is 4.42 Å². The van der Waals surface area contributed by atoms with Crippen LogP contribution >= 0.6 is 0 Å². The first-order chi connectivity index (χ1) is 18.1. The van der Waals surface area contributed by atoms with Crippen LogP contribution in [-0.4, -0.2) is 10.4 Å². The van der Waals surface area contributed by atoms with Crippen molar-refractivity contribution in [3.63, 3.8) is 0 Å². The fraction of sp³-hybridized carbons (Fsp3) is 0.0938. The molecule has 2 heterocycles. The zero-order chi connectivity index (χ0) is 25.4. The van der Waals surface area contributed by atoms with Gasteiger partial charge in [-0.3, -0.25) is 4.79 Å². The van der Waals surface area contributed by atoms with Crippen LogP contribution in [0.2, 0.25) is 0 Å². The summed E-state index contributed by atoms with van der Waals surface area (Å²) in [7, 11) is 0. The molecule has 0 saturated carbocycles. The number of Topliss-reactive ketones (excluding diaryl/α,β-unsaturated/α-hetero) is 1. The predicted molar refractivity (Wildman–Crippen MR) is 144 cm³/mol. The Morgan fingerprint density at radius 1 is 0.842 bits per heavy atom. The van der Waals surface area contributed by atoms with Crippen molar-refractivity contribution >= 4 is 27.8 Å². The summed E-state index contributed by atoms with van der Waals surface area (Å²) in [6.45, 7) is 2.19. The highest BCUT2D eigenvalue weighted by Crippen LogP contribution is 2.31. The number of ketones is 1. The molecule has 6 heteroatoms. The molecule has 5 nitrogen and oxygen atoms in total. The van der Waals surface area contributed by atoms with Crippen molar-refractivity contribution in [3.8, 4) is 0 Å². The average molecular weight is 565 g/mol. The zero-order valence-corrected chi connectivity index (χ0v) is 22.3. The summed E-state index contributed by atoms with van der Waals surface area (Å²) < 4.78 is 9.94. The summed E-state index contributed by atoms with van der Waals surface area (Å²) in [5.41, 5.74) is 4.20. The minimum absolute atomic E-state index is 0. The molecular formula is C32H25BrN2O3. The Morgan fingerprint density at radius 3 is 2.24 bits per heavy atom. The lowest BCUT2D eigenvalue weighted by atomic mass is 9.98. The Hall–Kier alpha value is -4.29. The molecule has 0 aliphatic carbocycles. The SMILES string of the molecule is Cc1n(C(c2ccccc2)c2cc3ccccc3oc2=O)c2ccccc2[n+]1CC(=O)c1ccccc1.[Br-]. The molecule has 4 aromatic carbocycles. The van der Waals surface area contributed by atoms with Crippen molar-refractivity contribution in [1.82, 2.24) is 4.57 Å². The number of nitrogens with zero attached hydrogens (tertiary/aromatic N) is 2. The number of hydrogen-bond donors (Lipinski definition) is 0. The summed E-state index contributed by atoms with van der Waals surface area (Å²) in [5, 5.41) is 0.860. The molecule has 0 amide bonds. The molecule has 0 N–H and O–H groups in total. The van der Waals surface area contributed by atoms with Crippen molar-refractivity contribution in [1.29, 1.82) is 0 Å². The van der Waals surface area contributed by atoms with Crippen LogP contribution in [0, 0.1) is 6.92 Å². The number of para-hydroxylation sites is 3. The first-order valence-corrected chi connectivity index (χ1v) is 12.3. The lowest BCUT2D eigenvalue weighted by Crippen LogP contribution is -3.00. The number of halogens is 1. The maximum atomic E-state index is 13.4. The Morgan fingerprint density at radius 2 is 1.47 bits per heavy atom. The smallest absolute Gasteiger partial charge is 0.344 e. The molecule has 188 valence electrons. The molecule has 0 saturated heterocycles. The normalized spacial score (nSPS) is 11.8. The fourth-order valence-corrected chi connectivity index (χ4v) is 5.13. The summed E-state index contributed by atoms with van der Waals surface area (Å²) in [6, 6.07) is 36.3. The van der Waals surface area contributed by atoms with E-state index in [0.717, 1.165) is 27.8 Å². The van der Waals surface area contributed by atoms with Crippen molar-refractivity contribution in [2.45, 2.75) is 19.5 Å². The Labute approximate surface area is 230 Å². The van der Waals surface area contributed by atoms with Crippen molar-refractivity contribution < 1.29 is 30.8 Å². The molecule has 1 atom stereocenters. The second kappa shape index (κ2) is 10.6. The van der Waals surface area contributed by atoms with E-state index in [1.807, 2.05) is 121 Å². The number of benzene rings is 4. The minimum atomic E-state index is -0.444. The molecule has 0 fully saturated rings. The van der Waals surface area contributed by atoms with E-state index in [1.54, 1.807) is 6.07 Å². The van der Waals surface area contributed by atoms with Gasteiger partial charge in [-0.05, 0) is 24.3 Å². The minimum Gasteiger partial charge on any atom is -1.00 e. The first kappa shape index (κ1) is 25.4. The van der Waals surface area contributed by atoms with Crippen LogP contribution in [0.15, 0.2) is 124 Å². The highest BCUT2D eigenvalue weighted by atomic mass is 79.9. The van der Waals surface area contributed by atoms with E-state index in [0.29, 0.717) is 16.7 Å². The molecule has 0 bridgehead atoms. The summed E-state index contributed by atoms with van der Waals surface area (Å²) >= 11 is 0. The molecule has 2 aromatic heterocycles. The number of imidazole rings is 1. The maximum absolute atomic E-state index is 13.4. The summed E-state index contributed by atoms with van der Waals surface area (Å²) in [6.07, 6.45) is 0. The van der Waals surface area contributed by atoms with Gasteiger partial charge in [-0.25, -0.2) is 13.9 Å². The standard InChI is InChI=1S/C32H25N2O3.BrH/c1-22-33(21-29(35)23-12-4-2-5-13-23)27-17-9-10-18-28(27)34(22)31(24-14-6-3-7-15-24)26-20-25-16-8-11-19-30(25)37-32(26)36;/h2-20,31H,21H2,1H3;1H/q+1;/p-1. The Bertz CT molecular complexity index is 1810. The molecule has 1 unspecified atom stereocenters. The van der Waals surface area contributed by atoms with Gasteiger partial charge < -0.3 is 21.4 Å². The lowest BCUT2D eigenvalue weighted by Gasteiger charge is -2.16.